The van der Waals surface area contributed by atoms with Crippen molar-refractivity contribution < 1.29 is 14.6 Å². The third-order valence-corrected chi connectivity index (χ3v) is 3.66. The minimum Gasteiger partial charge on any atom is -0.393 e. The lowest BCUT2D eigenvalue weighted by Gasteiger charge is -2.18. The largest absolute Gasteiger partial charge is 0.393 e. The number of hydrogen-bond acceptors (Lipinski definition) is 4. The summed E-state index contributed by atoms with van der Waals surface area (Å²) in [5.74, 6) is 0.807. The van der Waals surface area contributed by atoms with Gasteiger partial charge < -0.3 is 20.5 Å². The first-order valence-electron chi connectivity index (χ1n) is 5.96. The van der Waals surface area contributed by atoms with E-state index < -0.39 is 0 Å². The van der Waals surface area contributed by atoms with Crippen LogP contribution in [0.15, 0.2) is 0 Å². The number of carbonyl (C=O) groups excluding carboxylic acids is 1. The van der Waals surface area contributed by atoms with Crippen LogP contribution in [0.25, 0.3) is 0 Å². The SMILES string of the molecule is NCCOCC(=O)N1CC2CCC(O)C2C1. The van der Waals surface area contributed by atoms with Crippen LogP contribution in [0.2, 0.25) is 0 Å². The lowest BCUT2D eigenvalue weighted by atomic mass is 10.00. The molecule has 5 heteroatoms. The Balaban J connectivity index is 1.78. The van der Waals surface area contributed by atoms with Crippen molar-refractivity contribution >= 4 is 5.91 Å². The quantitative estimate of drug-likeness (QED) is 0.617. The van der Waals surface area contributed by atoms with E-state index in [0.717, 1.165) is 19.4 Å². The number of nitrogens with zero attached hydrogens (tertiary/aromatic N) is 1. The number of aliphatic hydroxyl groups is 1. The third-order valence-electron chi connectivity index (χ3n) is 3.66. The summed E-state index contributed by atoms with van der Waals surface area (Å²) in [4.78, 5) is 13.6. The normalized spacial score (nSPS) is 33.1. The number of likely N-dealkylation sites (tertiary alicyclic amines) is 1. The third kappa shape index (κ3) is 2.36. The molecule has 3 atom stereocenters. The molecule has 1 heterocycles. The van der Waals surface area contributed by atoms with E-state index in [9.17, 15) is 9.90 Å². The van der Waals surface area contributed by atoms with Crippen molar-refractivity contribution in [3.05, 3.63) is 0 Å². The molecule has 0 radical (unpaired) electrons. The molecule has 0 aromatic rings. The second-order valence-corrected chi connectivity index (χ2v) is 4.71. The van der Waals surface area contributed by atoms with Crippen molar-refractivity contribution in [3.63, 3.8) is 0 Å². The van der Waals surface area contributed by atoms with Gasteiger partial charge in [0.05, 0.1) is 12.7 Å². The van der Waals surface area contributed by atoms with Gasteiger partial charge >= 0.3 is 0 Å². The van der Waals surface area contributed by atoms with E-state index in [1.54, 1.807) is 0 Å². The van der Waals surface area contributed by atoms with Crippen LogP contribution >= 0.6 is 0 Å². The van der Waals surface area contributed by atoms with Gasteiger partial charge in [-0.2, -0.15) is 0 Å². The molecule has 2 aliphatic rings. The first-order valence-corrected chi connectivity index (χ1v) is 5.96. The Morgan fingerprint density at radius 1 is 1.44 bits per heavy atom. The van der Waals surface area contributed by atoms with Crippen molar-refractivity contribution in [1.82, 2.24) is 4.90 Å². The molecule has 0 aromatic heterocycles. The molecule has 1 amide bonds. The molecule has 1 aliphatic heterocycles. The Hall–Kier alpha value is -0.650. The van der Waals surface area contributed by atoms with Gasteiger partial charge in [0.2, 0.25) is 5.91 Å². The molecule has 0 spiro atoms. The number of rotatable bonds is 4. The van der Waals surface area contributed by atoms with E-state index in [1.165, 1.54) is 0 Å². The van der Waals surface area contributed by atoms with Gasteiger partial charge in [-0.15, -0.1) is 0 Å². The lowest BCUT2D eigenvalue weighted by molar-refractivity contribution is -0.135. The maximum Gasteiger partial charge on any atom is 0.248 e. The number of amides is 1. The first-order chi connectivity index (χ1) is 7.72. The first kappa shape index (κ1) is 11.8. The van der Waals surface area contributed by atoms with Gasteiger partial charge in [0, 0.05) is 25.6 Å². The average molecular weight is 228 g/mol. The molecule has 5 nitrogen and oxygen atoms in total. The van der Waals surface area contributed by atoms with E-state index in [0.29, 0.717) is 31.5 Å². The second-order valence-electron chi connectivity index (χ2n) is 4.71. The Morgan fingerprint density at radius 3 is 2.94 bits per heavy atom. The predicted octanol–water partition coefficient (Wildman–Crippen LogP) is -0.809. The fourth-order valence-electron chi connectivity index (χ4n) is 2.77. The molecule has 92 valence electrons. The van der Waals surface area contributed by atoms with Crippen LogP contribution in [0, 0.1) is 11.8 Å². The Morgan fingerprint density at radius 2 is 2.25 bits per heavy atom. The zero-order valence-corrected chi connectivity index (χ0v) is 9.47. The van der Waals surface area contributed by atoms with Crippen LogP contribution < -0.4 is 5.73 Å². The van der Waals surface area contributed by atoms with Crippen molar-refractivity contribution in [3.8, 4) is 0 Å². The molecule has 2 rings (SSSR count). The summed E-state index contributed by atoms with van der Waals surface area (Å²) in [5.41, 5.74) is 5.28. The zero-order valence-electron chi connectivity index (χ0n) is 9.47. The van der Waals surface area contributed by atoms with Crippen molar-refractivity contribution in [2.45, 2.75) is 18.9 Å². The van der Waals surface area contributed by atoms with Crippen LogP contribution in [0.5, 0.6) is 0 Å². The number of nitrogens with two attached hydrogens (primary N) is 1. The topological polar surface area (TPSA) is 75.8 Å². The molecule has 16 heavy (non-hydrogen) atoms. The van der Waals surface area contributed by atoms with Crippen LogP contribution in [-0.4, -0.2) is 54.9 Å². The summed E-state index contributed by atoms with van der Waals surface area (Å²) in [7, 11) is 0. The molecule has 3 N–H and O–H groups in total. The summed E-state index contributed by atoms with van der Waals surface area (Å²) in [6.07, 6.45) is 1.72. The Bertz CT molecular complexity index is 260. The van der Waals surface area contributed by atoms with Crippen LogP contribution in [-0.2, 0) is 9.53 Å². The zero-order chi connectivity index (χ0) is 11.5. The van der Waals surface area contributed by atoms with Gasteiger partial charge in [-0.25, -0.2) is 0 Å². The monoisotopic (exact) mass is 228 g/mol. The highest BCUT2D eigenvalue weighted by Gasteiger charge is 2.43. The van der Waals surface area contributed by atoms with Crippen LogP contribution in [0.3, 0.4) is 0 Å². The summed E-state index contributed by atoms with van der Waals surface area (Å²) in [6.45, 7) is 2.46. The standard InChI is InChI=1S/C11H20N2O3/c12-3-4-16-7-11(15)13-5-8-1-2-10(14)9(8)6-13/h8-10,14H,1-7,12H2. The van der Waals surface area contributed by atoms with Gasteiger partial charge in [-0.1, -0.05) is 0 Å². The Kier molecular flexibility index (Phi) is 3.78. The van der Waals surface area contributed by atoms with Gasteiger partial charge in [0.25, 0.3) is 0 Å². The Labute approximate surface area is 95.5 Å². The van der Waals surface area contributed by atoms with E-state index in [2.05, 4.69) is 0 Å². The molecular weight excluding hydrogens is 208 g/mol. The lowest BCUT2D eigenvalue weighted by Crippen LogP contribution is -2.34. The van der Waals surface area contributed by atoms with Crippen molar-refractivity contribution in [2.75, 3.05) is 32.8 Å². The molecule has 1 saturated carbocycles. The van der Waals surface area contributed by atoms with Gasteiger partial charge in [0.15, 0.2) is 0 Å². The fourth-order valence-corrected chi connectivity index (χ4v) is 2.77. The van der Waals surface area contributed by atoms with E-state index in [4.69, 9.17) is 10.5 Å². The number of hydrogen-bond donors (Lipinski definition) is 2. The van der Waals surface area contributed by atoms with E-state index >= 15 is 0 Å². The predicted molar refractivity (Wildman–Crippen MR) is 58.7 cm³/mol. The molecule has 0 bridgehead atoms. The highest BCUT2D eigenvalue weighted by Crippen LogP contribution is 2.37. The smallest absolute Gasteiger partial charge is 0.248 e. The summed E-state index contributed by atoms with van der Waals surface area (Å²) in [6, 6.07) is 0. The van der Waals surface area contributed by atoms with Gasteiger partial charge in [-0.05, 0) is 18.8 Å². The highest BCUT2D eigenvalue weighted by molar-refractivity contribution is 5.77. The molecule has 3 unspecified atom stereocenters. The summed E-state index contributed by atoms with van der Waals surface area (Å²) in [5, 5.41) is 9.73. The fraction of sp³-hybridized carbons (Fsp3) is 0.909. The average Bonchev–Trinajstić information content (AvgIpc) is 2.82. The maximum absolute atomic E-state index is 11.7. The molecule has 1 aliphatic carbocycles. The second kappa shape index (κ2) is 5.12. The molecular formula is C11H20N2O3. The van der Waals surface area contributed by atoms with E-state index in [1.807, 2.05) is 4.90 Å². The van der Waals surface area contributed by atoms with Gasteiger partial charge in [-0.3, -0.25) is 4.79 Å². The maximum atomic E-state index is 11.7. The molecule has 2 fully saturated rings. The minimum atomic E-state index is -0.215. The van der Waals surface area contributed by atoms with E-state index in [-0.39, 0.29) is 18.6 Å². The molecule has 0 aromatic carbocycles. The number of carbonyl (C=O) groups is 1. The highest BCUT2D eigenvalue weighted by atomic mass is 16.5. The number of ether oxygens (including phenoxy) is 1. The van der Waals surface area contributed by atoms with Crippen LogP contribution in [0.4, 0.5) is 0 Å². The van der Waals surface area contributed by atoms with Crippen molar-refractivity contribution in [2.24, 2.45) is 17.6 Å². The van der Waals surface area contributed by atoms with Crippen molar-refractivity contribution in [1.29, 1.82) is 0 Å². The number of aliphatic hydroxyl groups excluding tert-OH is 1. The minimum absolute atomic E-state index is 0.0232. The summed E-state index contributed by atoms with van der Waals surface area (Å²) >= 11 is 0. The molecule has 1 saturated heterocycles. The van der Waals surface area contributed by atoms with Gasteiger partial charge in [0.1, 0.15) is 6.61 Å². The number of fused-ring (bicyclic) bond motifs is 1. The van der Waals surface area contributed by atoms with Crippen LogP contribution in [0.1, 0.15) is 12.8 Å². The summed E-state index contributed by atoms with van der Waals surface area (Å²) < 4.78 is 5.13.